The lowest BCUT2D eigenvalue weighted by Gasteiger charge is -2.18. The number of thiophene rings is 2. The topological polar surface area (TPSA) is 32.7 Å². The van der Waals surface area contributed by atoms with E-state index in [9.17, 15) is 4.79 Å². The van der Waals surface area contributed by atoms with Crippen molar-refractivity contribution in [1.82, 2.24) is 5.01 Å². The van der Waals surface area contributed by atoms with E-state index >= 15 is 0 Å². The summed E-state index contributed by atoms with van der Waals surface area (Å²) in [4.78, 5) is 15.4. The first-order chi connectivity index (χ1) is 9.15. The summed E-state index contributed by atoms with van der Waals surface area (Å²) in [6, 6.07) is 8.34. The van der Waals surface area contributed by atoms with E-state index in [1.165, 1.54) is 14.6 Å². The number of hydrogen-bond acceptors (Lipinski definition) is 4. The van der Waals surface area contributed by atoms with Gasteiger partial charge in [-0.1, -0.05) is 6.07 Å². The van der Waals surface area contributed by atoms with Crippen molar-refractivity contribution in [3.8, 4) is 0 Å². The number of amides is 1. The van der Waals surface area contributed by atoms with Crippen LogP contribution in [0.4, 0.5) is 0 Å². The van der Waals surface area contributed by atoms with Gasteiger partial charge < -0.3 is 0 Å². The summed E-state index contributed by atoms with van der Waals surface area (Å²) in [5, 5.41) is 8.19. The molecule has 2 aromatic heterocycles. The van der Waals surface area contributed by atoms with Crippen LogP contribution in [0.1, 0.15) is 34.0 Å². The van der Waals surface area contributed by atoms with E-state index in [0.29, 0.717) is 0 Å². The van der Waals surface area contributed by atoms with Crippen molar-refractivity contribution in [1.29, 1.82) is 0 Å². The van der Waals surface area contributed by atoms with Crippen LogP contribution in [0.25, 0.3) is 0 Å². The smallest absolute Gasteiger partial charge is 0.240 e. The molecule has 3 heterocycles. The Morgan fingerprint density at radius 3 is 2.84 bits per heavy atom. The highest BCUT2D eigenvalue weighted by Gasteiger charge is 2.32. The third-order valence-corrected chi connectivity index (χ3v) is 5.15. The first-order valence-electron chi connectivity index (χ1n) is 6.12. The fraction of sp³-hybridized carbons (Fsp3) is 0.286. The normalized spacial score (nSPS) is 18.7. The number of aryl methyl sites for hydroxylation is 1. The second kappa shape index (κ2) is 4.90. The Bertz CT molecular complexity index is 628. The molecule has 1 atom stereocenters. The molecule has 3 rings (SSSR count). The zero-order chi connectivity index (χ0) is 13.4. The average molecular weight is 290 g/mol. The van der Waals surface area contributed by atoms with E-state index < -0.39 is 0 Å². The molecule has 1 aliphatic heterocycles. The Hall–Kier alpha value is -1.46. The minimum atomic E-state index is 0.00155. The molecule has 0 fully saturated rings. The van der Waals surface area contributed by atoms with Gasteiger partial charge in [-0.2, -0.15) is 5.10 Å². The first-order valence-corrected chi connectivity index (χ1v) is 7.82. The van der Waals surface area contributed by atoms with Crippen LogP contribution in [0, 0.1) is 6.92 Å². The Morgan fingerprint density at radius 1 is 1.42 bits per heavy atom. The second-order valence-corrected chi connectivity index (χ2v) is 6.82. The predicted octanol–water partition coefficient (Wildman–Crippen LogP) is 3.82. The maximum atomic E-state index is 11.8. The molecule has 2 aromatic rings. The molecule has 1 aliphatic rings. The van der Waals surface area contributed by atoms with Crippen molar-refractivity contribution in [2.24, 2.45) is 5.10 Å². The molecule has 0 saturated heterocycles. The fourth-order valence-electron chi connectivity index (χ4n) is 2.24. The van der Waals surface area contributed by atoms with Gasteiger partial charge in [0, 0.05) is 23.1 Å². The zero-order valence-electron chi connectivity index (χ0n) is 10.8. The lowest BCUT2D eigenvalue weighted by atomic mass is 10.1. The third-order valence-electron chi connectivity index (χ3n) is 3.13. The highest BCUT2D eigenvalue weighted by molar-refractivity contribution is 7.14. The molecule has 0 saturated carbocycles. The summed E-state index contributed by atoms with van der Waals surface area (Å²) in [5.41, 5.74) is 1.02. The quantitative estimate of drug-likeness (QED) is 0.827. The molecule has 0 radical (unpaired) electrons. The van der Waals surface area contributed by atoms with E-state index in [1.807, 2.05) is 11.4 Å². The maximum absolute atomic E-state index is 11.8. The summed E-state index contributed by atoms with van der Waals surface area (Å²) in [6.45, 7) is 3.66. The van der Waals surface area contributed by atoms with E-state index in [4.69, 9.17) is 0 Å². The van der Waals surface area contributed by atoms with E-state index in [2.05, 4.69) is 30.2 Å². The van der Waals surface area contributed by atoms with Crippen LogP contribution in [0.15, 0.2) is 34.7 Å². The fourth-order valence-corrected chi connectivity index (χ4v) is 3.91. The summed E-state index contributed by atoms with van der Waals surface area (Å²) >= 11 is 3.41. The summed E-state index contributed by atoms with van der Waals surface area (Å²) < 4.78 is 0. The number of carbonyl (C=O) groups excluding carboxylic acids is 1. The largest absolute Gasteiger partial charge is 0.273 e. The third kappa shape index (κ3) is 2.35. The average Bonchev–Trinajstić information content (AvgIpc) is 3.07. The van der Waals surface area contributed by atoms with Gasteiger partial charge in [-0.15, -0.1) is 22.7 Å². The van der Waals surface area contributed by atoms with Crippen LogP contribution >= 0.6 is 22.7 Å². The summed E-state index contributed by atoms with van der Waals surface area (Å²) in [7, 11) is 0. The number of hydrogen-bond donors (Lipinski definition) is 0. The van der Waals surface area contributed by atoms with Crippen molar-refractivity contribution in [2.45, 2.75) is 26.3 Å². The highest BCUT2D eigenvalue weighted by atomic mass is 32.1. The van der Waals surface area contributed by atoms with E-state index in [-0.39, 0.29) is 11.9 Å². The van der Waals surface area contributed by atoms with Gasteiger partial charge in [-0.3, -0.25) is 4.79 Å². The molecule has 98 valence electrons. The molecule has 0 aliphatic carbocycles. The van der Waals surface area contributed by atoms with E-state index in [1.54, 1.807) is 34.6 Å². The molecule has 0 spiro atoms. The molecular weight excluding hydrogens is 276 g/mol. The molecule has 3 nitrogen and oxygen atoms in total. The zero-order valence-corrected chi connectivity index (χ0v) is 12.4. The molecule has 0 aromatic carbocycles. The number of hydrazone groups is 1. The Kier molecular flexibility index (Phi) is 3.24. The van der Waals surface area contributed by atoms with Gasteiger partial charge in [0.05, 0.1) is 16.6 Å². The SMILES string of the molecule is CC(=O)N1N=C(c2ccc(C)s2)C[C@H]1c1cccs1. The predicted molar refractivity (Wildman–Crippen MR) is 79.8 cm³/mol. The maximum Gasteiger partial charge on any atom is 0.240 e. The number of rotatable bonds is 2. The monoisotopic (exact) mass is 290 g/mol. The van der Waals surface area contributed by atoms with Crippen molar-refractivity contribution in [2.75, 3.05) is 0 Å². The van der Waals surface area contributed by atoms with Crippen LogP contribution in [-0.4, -0.2) is 16.6 Å². The van der Waals surface area contributed by atoms with Gasteiger partial charge in [0.15, 0.2) is 0 Å². The van der Waals surface area contributed by atoms with Crippen molar-refractivity contribution < 1.29 is 4.79 Å². The minimum absolute atomic E-state index is 0.00155. The number of carbonyl (C=O) groups is 1. The molecule has 0 bridgehead atoms. The first kappa shape index (κ1) is 12.6. The van der Waals surface area contributed by atoms with Crippen molar-refractivity contribution in [3.05, 3.63) is 44.3 Å². The Morgan fingerprint density at radius 2 is 2.26 bits per heavy atom. The van der Waals surface area contributed by atoms with Crippen LogP contribution in [-0.2, 0) is 4.79 Å². The summed E-state index contributed by atoms with van der Waals surface area (Å²) in [6.07, 6.45) is 0.806. The van der Waals surface area contributed by atoms with Gasteiger partial charge in [0.1, 0.15) is 0 Å². The Labute approximate surface area is 120 Å². The second-order valence-electron chi connectivity index (χ2n) is 4.56. The lowest BCUT2D eigenvalue weighted by molar-refractivity contribution is -0.130. The van der Waals surface area contributed by atoms with E-state index in [0.717, 1.165) is 12.1 Å². The van der Waals surface area contributed by atoms with Gasteiger partial charge in [0.25, 0.3) is 0 Å². The molecule has 19 heavy (non-hydrogen) atoms. The molecule has 0 N–H and O–H groups in total. The molecule has 1 amide bonds. The summed E-state index contributed by atoms with van der Waals surface area (Å²) in [5.74, 6) is 0.00155. The van der Waals surface area contributed by atoms with Crippen LogP contribution in [0.2, 0.25) is 0 Å². The van der Waals surface area contributed by atoms with Crippen molar-refractivity contribution >= 4 is 34.3 Å². The Balaban J connectivity index is 1.93. The van der Waals surface area contributed by atoms with Crippen molar-refractivity contribution in [3.63, 3.8) is 0 Å². The minimum Gasteiger partial charge on any atom is -0.273 e. The van der Waals surface area contributed by atoms with Gasteiger partial charge in [0.2, 0.25) is 5.91 Å². The van der Waals surface area contributed by atoms with Crippen LogP contribution < -0.4 is 0 Å². The van der Waals surface area contributed by atoms with Gasteiger partial charge in [-0.05, 0) is 30.5 Å². The van der Waals surface area contributed by atoms with Crippen LogP contribution in [0.3, 0.4) is 0 Å². The molecule has 0 unspecified atom stereocenters. The van der Waals surface area contributed by atoms with Crippen LogP contribution in [0.5, 0.6) is 0 Å². The van der Waals surface area contributed by atoms with Gasteiger partial charge in [-0.25, -0.2) is 5.01 Å². The number of nitrogens with zero attached hydrogens (tertiary/aromatic N) is 2. The standard InChI is InChI=1S/C14H14N2OS2/c1-9-5-6-13(19-9)11-8-12(14-4-3-7-18-14)16(15-11)10(2)17/h3-7,12H,8H2,1-2H3/t12-/m0/s1. The lowest BCUT2D eigenvalue weighted by Crippen LogP contribution is -2.23. The molecular formula is C14H14N2OS2. The molecule has 5 heteroatoms. The highest BCUT2D eigenvalue weighted by Crippen LogP contribution is 2.36. The van der Waals surface area contributed by atoms with Gasteiger partial charge >= 0.3 is 0 Å².